The third-order valence-electron chi connectivity index (χ3n) is 0.0781. The van der Waals surface area contributed by atoms with Crippen LogP contribution in [-0.2, 0) is 4.89 Å². The van der Waals surface area contributed by atoms with Gasteiger partial charge in [-0.3, -0.25) is 4.89 Å². The Kier molecular flexibility index (Phi) is 8.82. The van der Waals surface area contributed by atoms with Gasteiger partial charge in [0.25, 0.3) is 0 Å². The van der Waals surface area contributed by atoms with E-state index >= 15 is 0 Å². The minimum Gasteiger partial charge on any atom is -0.448 e. The molecule has 45 valence electrons. The zero-order valence-electron chi connectivity index (χ0n) is 2.47. The zero-order chi connectivity index (χ0) is 4.28. The topological polar surface area (TPSA) is 66.8 Å². The van der Waals surface area contributed by atoms with E-state index in [1.807, 2.05) is 0 Å². The van der Waals surface area contributed by atoms with Gasteiger partial charge in [0.15, 0.2) is 0 Å². The molecule has 0 aliphatic carbocycles. The van der Waals surface area contributed by atoms with Crippen molar-refractivity contribution >= 4 is 6.16 Å². The quantitative estimate of drug-likeness (QED) is 0.476. The van der Waals surface area contributed by atoms with Gasteiger partial charge in [0.1, 0.15) is 0 Å². The summed E-state index contributed by atoms with van der Waals surface area (Å²) in [6, 6.07) is 0. The van der Waals surface area contributed by atoms with E-state index in [4.69, 9.17) is 15.2 Å². The molecule has 2 N–H and O–H groups in total. The molecular formula is CH2LuO4. The second kappa shape index (κ2) is 5.46. The fraction of sp³-hybridized carbons (Fsp3) is 0. The molecule has 0 saturated carbocycles. The van der Waals surface area contributed by atoms with Crippen LogP contribution in [0.3, 0.4) is 0 Å². The Bertz CT molecular complexity index is 42.8. The Morgan fingerprint density at radius 1 is 1.67 bits per heavy atom. The van der Waals surface area contributed by atoms with Crippen LogP contribution in [0.15, 0.2) is 0 Å². The van der Waals surface area contributed by atoms with Crippen molar-refractivity contribution in [1.29, 1.82) is 0 Å². The molecule has 6 heavy (non-hydrogen) atoms. The molecule has 0 aliphatic rings. The summed E-state index contributed by atoms with van der Waals surface area (Å²) < 4.78 is 0. The summed E-state index contributed by atoms with van der Waals surface area (Å²) in [6.45, 7) is 0. The van der Waals surface area contributed by atoms with Crippen molar-refractivity contribution in [3.63, 3.8) is 0 Å². The molecule has 0 atom stereocenters. The zero-order valence-corrected chi connectivity index (χ0v) is 4.13. The molecule has 0 saturated heterocycles. The molecule has 0 unspecified atom stereocenters. The van der Waals surface area contributed by atoms with Gasteiger partial charge in [-0.2, -0.15) is 5.26 Å². The van der Waals surface area contributed by atoms with E-state index in [0.29, 0.717) is 0 Å². The van der Waals surface area contributed by atoms with Crippen molar-refractivity contribution in [2.75, 3.05) is 0 Å². The fourth-order valence-corrected chi connectivity index (χ4v) is 0. The molecule has 0 heterocycles. The van der Waals surface area contributed by atoms with Gasteiger partial charge in [-0.15, -0.1) is 0 Å². The third kappa shape index (κ3) is 8.82. The molecule has 0 aliphatic heterocycles. The van der Waals surface area contributed by atoms with E-state index in [1.54, 1.807) is 0 Å². The van der Waals surface area contributed by atoms with Crippen molar-refractivity contribution in [2.24, 2.45) is 0 Å². The molecule has 5 heteroatoms. The van der Waals surface area contributed by atoms with Crippen LogP contribution in [0.1, 0.15) is 0 Å². The fourth-order valence-electron chi connectivity index (χ4n) is 0. The molecule has 0 aromatic rings. The van der Waals surface area contributed by atoms with Gasteiger partial charge in [-0.1, -0.05) is 0 Å². The molecule has 4 nitrogen and oxygen atoms in total. The Labute approximate surface area is 62.8 Å². The normalized spacial score (nSPS) is 5.50. The van der Waals surface area contributed by atoms with Crippen LogP contribution in [0.2, 0.25) is 0 Å². The molecule has 0 spiro atoms. The minimum atomic E-state index is -1.69. The second-order valence-corrected chi connectivity index (χ2v) is 0.357. The minimum absolute atomic E-state index is 0. The van der Waals surface area contributed by atoms with E-state index in [2.05, 4.69) is 4.89 Å². The summed E-state index contributed by atoms with van der Waals surface area (Å²) >= 11 is 0. The van der Waals surface area contributed by atoms with Crippen LogP contribution >= 0.6 is 0 Å². The molecule has 0 bridgehead atoms. The maximum absolute atomic E-state index is 8.90. The van der Waals surface area contributed by atoms with Crippen LogP contribution in [0.4, 0.5) is 4.79 Å². The van der Waals surface area contributed by atoms with Gasteiger partial charge >= 0.3 is 6.16 Å². The number of carbonyl (C=O) groups is 1. The predicted octanol–water partition coefficient (Wildman–Crippen LogP) is 0.154. The van der Waals surface area contributed by atoms with Gasteiger partial charge in [0, 0.05) is 36.9 Å². The van der Waals surface area contributed by atoms with E-state index < -0.39 is 6.16 Å². The smallest absolute Gasteiger partial charge is 0.448 e. The largest absolute Gasteiger partial charge is 0.537 e. The van der Waals surface area contributed by atoms with Crippen molar-refractivity contribution < 1.29 is 56.9 Å². The maximum atomic E-state index is 8.90. The monoisotopic (exact) mass is 253 g/mol. The Morgan fingerprint density at radius 3 is 1.83 bits per heavy atom. The van der Waals surface area contributed by atoms with Crippen LogP contribution < -0.4 is 0 Å². The third-order valence-corrected chi connectivity index (χ3v) is 0.0781. The molecule has 0 aromatic carbocycles. The molecule has 0 aromatic heterocycles. The molecular weight excluding hydrogens is 251 g/mol. The van der Waals surface area contributed by atoms with E-state index in [-0.39, 0.29) is 36.9 Å². The number of rotatable bonds is 0. The van der Waals surface area contributed by atoms with Gasteiger partial charge in [0.05, 0.1) is 0 Å². The SMILES string of the molecule is O=C(O)OO.[Lu]. The second-order valence-electron chi connectivity index (χ2n) is 0.357. The molecule has 1 radical (unpaired) electrons. The van der Waals surface area contributed by atoms with E-state index in [0.717, 1.165) is 0 Å². The first-order valence-corrected chi connectivity index (χ1v) is 0.814. The first-order chi connectivity index (χ1) is 2.27. The Morgan fingerprint density at radius 2 is 1.83 bits per heavy atom. The van der Waals surface area contributed by atoms with Gasteiger partial charge < -0.3 is 5.11 Å². The van der Waals surface area contributed by atoms with E-state index in [9.17, 15) is 0 Å². The average molecular weight is 253 g/mol. The number of hydrogen-bond acceptors (Lipinski definition) is 3. The number of carboxylic acid groups (broad SMARTS) is 1. The molecule has 0 rings (SSSR count). The number of hydrogen-bond donors (Lipinski definition) is 2. The average Bonchev–Trinajstić information content (AvgIpc) is 1.38. The van der Waals surface area contributed by atoms with E-state index in [1.165, 1.54) is 0 Å². The van der Waals surface area contributed by atoms with Crippen molar-refractivity contribution in [2.45, 2.75) is 0 Å². The van der Waals surface area contributed by atoms with Gasteiger partial charge in [-0.05, 0) is 0 Å². The van der Waals surface area contributed by atoms with Crippen molar-refractivity contribution in [1.82, 2.24) is 0 Å². The van der Waals surface area contributed by atoms with Crippen molar-refractivity contribution in [3.8, 4) is 0 Å². The van der Waals surface area contributed by atoms with Crippen LogP contribution in [0, 0.1) is 36.9 Å². The van der Waals surface area contributed by atoms with Crippen LogP contribution in [0.25, 0.3) is 0 Å². The van der Waals surface area contributed by atoms with Crippen molar-refractivity contribution in [3.05, 3.63) is 0 Å². The first kappa shape index (κ1) is 9.68. The Balaban J connectivity index is 0. The predicted molar refractivity (Wildman–Crippen MR) is 11.7 cm³/mol. The molecule has 0 fully saturated rings. The standard InChI is InChI=1S/CH2O4.Lu/c2-1(3)5-4;/h4H,(H,2,3);. The summed E-state index contributed by atoms with van der Waals surface area (Å²) in [5, 5.41) is 14.3. The summed E-state index contributed by atoms with van der Waals surface area (Å²) in [5.41, 5.74) is 0. The summed E-state index contributed by atoms with van der Waals surface area (Å²) in [5.74, 6) is 0. The summed E-state index contributed by atoms with van der Waals surface area (Å²) in [6.07, 6.45) is -1.69. The summed E-state index contributed by atoms with van der Waals surface area (Å²) in [4.78, 5) is 11.6. The van der Waals surface area contributed by atoms with Gasteiger partial charge in [-0.25, -0.2) is 4.79 Å². The van der Waals surface area contributed by atoms with Crippen LogP contribution in [-0.4, -0.2) is 16.5 Å². The Hall–Kier alpha value is 0.464. The van der Waals surface area contributed by atoms with Gasteiger partial charge in [0.2, 0.25) is 0 Å². The maximum Gasteiger partial charge on any atom is 0.537 e. The van der Waals surface area contributed by atoms with Crippen LogP contribution in [0.5, 0.6) is 0 Å². The summed E-state index contributed by atoms with van der Waals surface area (Å²) in [7, 11) is 0. The molecule has 0 amide bonds. The first-order valence-electron chi connectivity index (χ1n) is 0.814.